The number of aromatic nitrogens is 3. The van der Waals surface area contributed by atoms with Crippen molar-refractivity contribution in [3.63, 3.8) is 0 Å². The fraction of sp³-hybridized carbons (Fsp3) is 0.714. The van der Waals surface area contributed by atoms with Crippen molar-refractivity contribution in [1.29, 1.82) is 0 Å². The zero-order valence-corrected chi connectivity index (χ0v) is 6.49. The third kappa shape index (κ3) is 2.17. The van der Waals surface area contributed by atoms with Crippen LogP contribution in [0.5, 0.6) is 0 Å². The van der Waals surface area contributed by atoms with E-state index in [4.69, 9.17) is 0 Å². The third-order valence-electron chi connectivity index (χ3n) is 1.41. The van der Waals surface area contributed by atoms with Crippen LogP contribution < -0.4 is 0 Å². The van der Waals surface area contributed by atoms with Crippen LogP contribution in [0.1, 0.15) is 20.3 Å². The lowest BCUT2D eigenvalue weighted by atomic mass is 10.1. The van der Waals surface area contributed by atoms with Crippen LogP contribution in [0.3, 0.4) is 0 Å². The van der Waals surface area contributed by atoms with Gasteiger partial charge in [-0.3, -0.25) is 4.68 Å². The SMILES string of the molecule is CC(C)CCn1ccnn1. The molecule has 0 amide bonds. The highest BCUT2D eigenvalue weighted by Crippen LogP contribution is 2.00. The maximum Gasteiger partial charge on any atom is 0.0692 e. The first kappa shape index (κ1) is 7.25. The Morgan fingerprint density at radius 3 is 2.80 bits per heavy atom. The lowest BCUT2D eigenvalue weighted by Gasteiger charge is -2.02. The Morgan fingerprint density at radius 2 is 2.30 bits per heavy atom. The van der Waals surface area contributed by atoms with E-state index < -0.39 is 0 Å². The van der Waals surface area contributed by atoms with Gasteiger partial charge in [0, 0.05) is 12.7 Å². The van der Waals surface area contributed by atoms with Crippen LogP contribution in [-0.4, -0.2) is 15.0 Å². The van der Waals surface area contributed by atoms with Crippen molar-refractivity contribution in [2.45, 2.75) is 26.8 Å². The van der Waals surface area contributed by atoms with E-state index in [1.54, 1.807) is 6.20 Å². The molecular formula is C7H13N3. The molecule has 0 aliphatic heterocycles. The Hall–Kier alpha value is -0.860. The molecule has 0 spiro atoms. The molecule has 0 radical (unpaired) electrons. The van der Waals surface area contributed by atoms with Crippen molar-refractivity contribution in [2.75, 3.05) is 0 Å². The number of hydrogen-bond donors (Lipinski definition) is 0. The van der Waals surface area contributed by atoms with Crippen LogP contribution >= 0.6 is 0 Å². The highest BCUT2D eigenvalue weighted by molar-refractivity contribution is 4.63. The van der Waals surface area contributed by atoms with E-state index in [1.807, 2.05) is 10.9 Å². The first-order valence-electron chi connectivity index (χ1n) is 3.63. The van der Waals surface area contributed by atoms with Gasteiger partial charge in [-0.25, -0.2) is 0 Å². The maximum absolute atomic E-state index is 3.85. The van der Waals surface area contributed by atoms with Crippen LogP contribution in [0.2, 0.25) is 0 Å². The summed E-state index contributed by atoms with van der Waals surface area (Å²) in [6, 6.07) is 0. The first-order chi connectivity index (χ1) is 4.79. The smallest absolute Gasteiger partial charge is 0.0692 e. The summed E-state index contributed by atoms with van der Waals surface area (Å²) in [5.41, 5.74) is 0. The lowest BCUT2D eigenvalue weighted by molar-refractivity contribution is 0.478. The average Bonchev–Trinajstić information content (AvgIpc) is 2.34. The molecule has 0 fully saturated rings. The molecule has 0 saturated heterocycles. The minimum atomic E-state index is 0.740. The van der Waals surface area contributed by atoms with Crippen LogP contribution in [0.4, 0.5) is 0 Å². The third-order valence-corrected chi connectivity index (χ3v) is 1.41. The van der Waals surface area contributed by atoms with Crippen LogP contribution in [-0.2, 0) is 6.54 Å². The fourth-order valence-electron chi connectivity index (χ4n) is 0.742. The summed E-state index contributed by atoms with van der Waals surface area (Å²) in [6.07, 6.45) is 4.77. The molecule has 0 saturated carbocycles. The van der Waals surface area contributed by atoms with E-state index in [9.17, 15) is 0 Å². The van der Waals surface area contributed by atoms with Gasteiger partial charge in [-0.2, -0.15) is 0 Å². The predicted octanol–water partition coefficient (Wildman–Crippen LogP) is 1.32. The van der Waals surface area contributed by atoms with E-state index >= 15 is 0 Å². The standard InChI is InChI=1S/C7H13N3/c1-7(2)3-5-10-6-4-8-9-10/h4,6-7H,3,5H2,1-2H3. The fourth-order valence-corrected chi connectivity index (χ4v) is 0.742. The van der Waals surface area contributed by atoms with Crippen LogP contribution in [0, 0.1) is 5.92 Å². The zero-order valence-electron chi connectivity index (χ0n) is 6.49. The molecule has 1 heterocycles. The summed E-state index contributed by atoms with van der Waals surface area (Å²) in [5.74, 6) is 0.740. The van der Waals surface area contributed by atoms with E-state index in [0.717, 1.165) is 12.5 Å². The molecule has 0 aromatic carbocycles. The molecule has 10 heavy (non-hydrogen) atoms. The zero-order chi connectivity index (χ0) is 7.40. The molecule has 1 aromatic rings. The van der Waals surface area contributed by atoms with Crippen molar-refractivity contribution >= 4 is 0 Å². The van der Waals surface area contributed by atoms with Crippen molar-refractivity contribution in [1.82, 2.24) is 15.0 Å². The Labute approximate surface area is 61.1 Å². The van der Waals surface area contributed by atoms with Gasteiger partial charge in [-0.1, -0.05) is 19.1 Å². The van der Waals surface area contributed by atoms with Gasteiger partial charge in [0.15, 0.2) is 0 Å². The number of aryl methyl sites for hydroxylation is 1. The summed E-state index contributed by atoms with van der Waals surface area (Å²) in [7, 11) is 0. The lowest BCUT2D eigenvalue weighted by Crippen LogP contribution is -2.01. The van der Waals surface area contributed by atoms with Gasteiger partial charge in [0.25, 0.3) is 0 Å². The van der Waals surface area contributed by atoms with Gasteiger partial charge in [-0.15, -0.1) is 5.10 Å². The van der Waals surface area contributed by atoms with Gasteiger partial charge < -0.3 is 0 Å². The van der Waals surface area contributed by atoms with Crippen molar-refractivity contribution in [2.24, 2.45) is 5.92 Å². The summed E-state index contributed by atoms with van der Waals surface area (Å²) >= 11 is 0. The quantitative estimate of drug-likeness (QED) is 0.632. The van der Waals surface area contributed by atoms with E-state index in [0.29, 0.717) is 0 Å². The van der Waals surface area contributed by atoms with Crippen molar-refractivity contribution in [3.05, 3.63) is 12.4 Å². The van der Waals surface area contributed by atoms with Crippen LogP contribution in [0.15, 0.2) is 12.4 Å². The first-order valence-corrected chi connectivity index (χ1v) is 3.63. The predicted molar refractivity (Wildman–Crippen MR) is 39.5 cm³/mol. The van der Waals surface area contributed by atoms with Gasteiger partial charge in [-0.05, 0) is 12.3 Å². The molecule has 0 N–H and O–H groups in total. The monoisotopic (exact) mass is 139 g/mol. The summed E-state index contributed by atoms with van der Waals surface area (Å²) in [6.45, 7) is 5.39. The highest BCUT2D eigenvalue weighted by atomic mass is 15.4. The molecule has 0 atom stereocenters. The Morgan fingerprint density at radius 1 is 1.50 bits per heavy atom. The normalized spacial score (nSPS) is 10.7. The summed E-state index contributed by atoms with van der Waals surface area (Å²) in [5, 5.41) is 7.57. The Kier molecular flexibility index (Phi) is 2.42. The number of rotatable bonds is 3. The number of hydrogen-bond acceptors (Lipinski definition) is 2. The van der Waals surface area contributed by atoms with Crippen molar-refractivity contribution in [3.8, 4) is 0 Å². The highest BCUT2D eigenvalue weighted by Gasteiger charge is 1.94. The molecule has 3 nitrogen and oxygen atoms in total. The maximum atomic E-state index is 3.85. The molecule has 0 unspecified atom stereocenters. The minimum Gasteiger partial charge on any atom is -0.253 e. The minimum absolute atomic E-state index is 0.740. The topological polar surface area (TPSA) is 30.7 Å². The van der Waals surface area contributed by atoms with Gasteiger partial charge in [0.05, 0.1) is 6.20 Å². The molecule has 3 heteroatoms. The Balaban J connectivity index is 2.28. The van der Waals surface area contributed by atoms with E-state index in [-0.39, 0.29) is 0 Å². The second kappa shape index (κ2) is 3.34. The van der Waals surface area contributed by atoms with Gasteiger partial charge in [0.2, 0.25) is 0 Å². The van der Waals surface area contributed by atoms with Crippen molar-refractivity contribution < 1.29 is 0 Å². The summed E-state index contributed by atoms with van der Waals surface area (Å²) in [4.78, 5) is 0. The molecule has 1 rings (SSSR count). The number of nitrogens with zero attached hydrogens (tertiary/aromatic N) is 3. The largest absolute Gasteiger partial charge is 0.253 e. The molecule has 56 valence electrons. The molecular weight excluding hydrogens is 126 g/mol. The van der Waals surface area contributed by atoms with E-state index in [2.05, 4.69) is 24.2 Å². The van der Waals surface area contributed by atoms with E-state index in [1.165, 1.54) is 6.42 Å². The molecule has 1 aromatic heterocycles. The second-order valence-electron chi connectivity index (χ2n) is 2.85. The Bertz CT molecular complexity index is 167. The molecule has 0 aliphatic carbocycles. The van der Waals surface area contributed by atoms with Gasteiger partial charge in [0.1, 0.15) is 0 Å². The summed E-state index contributed by atoms with van der Waals surface area (Å²) < 4.78 is 1.86. The van der Waals surface area contributed by atoms with Gasteiger partial charge >= 0.3 is 0 Å². The molecule has 0 aliphatic rings. The second-order valence-corrected chi connectivity index (χ2v) is 2.85. The molecule has 0 bridgehead atoms. The van der Waals surface area contributed by atoms with Crippen LogP contribution in [0.25, 0.3) is 0 Å². The average molecular weight is 139 g/mol.